The third kappa shape index (κ3) is 4.23. The zero-order valence-corrected chi connectivity index (χ0v) is 16.0. The minimum Gasteiger partial charge on any atom is -0.469 e. The second-order valence-electron chi connectivity index (χ2n) is 5.81. The molecule has 0 unspecified atom stereocenters. The molecule has 0 saturated carbocycles. The minimum atomic E-state index is -0.318. The Morgan fingerprint density at radius 2 is 2.26 bits per heavy atom. The Kier molecular flexibility index (Phi) is 5.66. The van der Waals surface area contributed by atoms with Crippen LogP contribution in [0.2, 0.25) is 0 Å². The van der Waals surface area contributed by atoms with Crippen LogP contribution in [-0.2, 0) is 22.5 Å². The molecule has 138 valence electrons. The molecule has 0 aliphatic rings. The van der Waals surface area contributed by atoms with Crippen LogP contribution in [-0.4, -0.2) is 27.8 Å². The predicted molar refractivity (Wildman–Crippen MR) is 99.0 cm³/mol. The molecule has 0 atom stereocenters. The van der Waals surface area contributed by atoms with Gasteiger partial charge < -0.3 is 13.8 Å². The van der Waals surface area contributed by atoms with Gasteiger partial charge in [0.15, 0.2) is 5.82 Å². The number of halogens is 1. The highest BCUT2D eigenvalue weighted by Crippen LogP contribution is 2.19. The van der Waals surface area contributed by atoms with Crippen molar-refractivity contribution in [2.75, 3.05) is 7.11 Å². The molecule has 3 aromatic rings. The van der Waals surface area contributed by atoms with Crippen molar-refractivity contribution in [2.45, 2.75) is 25.8 Å². The molecule has 0 radical (unpaired) electrons. The van der Waals surface area contributed by atoms with Crippen molar-refractivity contribution < 1.29 is 14.1 Å². The number of ether oxygens (including phenoxy) is 1. The lowest BCUT2D eigenvalue weighted by atomic mass is 10.1. The lowest BCUT2D eigenvalue weighted by molar-refractivity contribution is -0.140. The number of aromatic nitrogens is 3. The number of esters is 1. The maximum atomic E-state index is 12.4. The SMILES string of the molecule is COC(=O)CCCc1nc(Cn2cc(C#N)c(=O)c3cc(Br)ccc32)no1. The average molecular weight is 431 g/mol. The van der Waals surface area contributed by atoms with Crippen LogP contribution in [0.25, 0.3) is 10.9 Å². The Labute approximate surface area is 162 Å². The summed E-state index contributed by atoms with van der Waals surface area (Å²) >= 11 is 3.34. The maximum Gasteiger partial charge on any atom is 0.305 e. The summed E-state index contributed by atoms with van der Waals surface area (Å²) in [6.45, 7) is 0.244. The van der Waals surface area contributed by atoms with Crippen LogP contribution >= 0.6 is 15.9 Å². The van der Waals surface area contributed by atoms with Crippen LogP contribution in [0.1, 0.15) is 30.1 Å². The summed E-state index contributed by atoms with van der Waals surface area (Å²) in [5, 5.41) is 13.6. The van der Waals surface area contributed by atoms with E-state index in [0.29, 0.717) is 35.5 Å². The summed E-state index contributed by atoms with van der Waals surface area (Å²) in [6.07, 6.45) is 2.77. The van der Waals surface area contributed by atoms with Gasteiger partial charge in [0.05, 0.1) is 19.2 Å². The van der Waals surface area contributed by atoms with Crippen molar-refractivity contribution in [3.63, 3.8) is 0 Å². The lowest BCUT2D eigenvalue weighted by Gasteiger charge is -2.09. The van der Waals surface area contributed by atoms with Crippen LogP contribution in [0.15, 0.2) is 38.2 Å². The number of methoxy groups -OCH3 is 1. The lowest BCUT2D eigenvalue weighted by Crippen LogP contribution is -2.14. The van der Waals surface area contributed by atoms with Gasteiger partial charge in [-0.3, -0.25) is 9.59 Å². The van der Waals surface area contributed by atoms with E-state index < -0.39 is 0 Å². The highest BCUT2D eigenvalue weighted by molar-refractivity contribution is 9.10. The summed E-state index contributed by atoms with van der Waals surface area (Å²) in [5.74, 6) is 0.548. The van der Waals surface area contributed by atoms with Crippen LogP contribution < -0.4 is 5.43 Å². The number of pyridine rings is 1. The number of nitriles is 1. The summed E-state index contributed by atoms with van der Waals surface area (Å²) in [4.78, 5) is 27.8. The average Bonchev–Trinajstić information content (AvgIpc) is 3.11. The van der Waals surface area contributed by atoms with E-state index in [2.05, 4.69) is 30.8 Å². The molecular weight excluding hydrogens is 416 g/mol. The second-order valence-corrected chi connectivity index (χ2v) is 6.72. The van der Waals surface area contributed by atoms with Crippen molar-refractivity contribution in [2.24, 2.45) is 0 Å². The van der Waals surface area contributed by atoms with Crippen LogP contribution in [0.5, 0.6) is 0 Å². The first-order valence-corrected chi connectivity index (χ1v) is 8.92. The fourth-order valence-corrected chi connectivity index (χ4v) is 3.04. The molecule has 8 nitrogen and oxygen atoms in total. The molecule has 9 heteroatoms. The fourth-order valence-electron chi connectivity index (χ4n) is 2.67. The van der Waals surface area contributed by atoms with Gasteiger partial charge in [0.1, 0.15) is 11.6 Å². The van der Waals surface area contributed by atoms with E-state index in [1.165, 1.54) is 13.3 Å². The van der Waals surface area contributed by atoms with E-state index >= 15 is 0 Å². The largest absolute Gasteiger partial charge is 0.469 e. The van der Waals surface area contributed by atoms with Crippen molar-refractivity contribution in [1.29, 1.82) is 5.26 Å². The Balaban J connectivity index is 1.85. The van der Waals surface area contributed by atoms with E-state index in [0.717, 1.165) is 4.47 Å². The number of nitrogens with zero attached hydrogens (tertiary/aromatic N) is 4. The molecule has 0 aliphatic carbocycles. The quantitative estimate of drug-likeness (QED) is 0.552. The number of carbonyl (C=O) groups is 1. The summed E-state index contributed by atoms with van der Waals surface area (Å²) < 4.78 is 12.3. The van der Waals surface area contributed by atoms with Gasteiger partial charge in [-0.25, -0.2) is 0 Å². The van der Waals surface area contributed by atoms with Gasteiger partial charge in [0.2, 0.25) is 11.3 Å². The summed E-state index contributed by atoms with van der Waals surface area (Å²) in [6, 6.07) is 7.22. The molecule has 0 N–H and O–H groups in total. The van der Waals surface area contributed by atoms with Crippen LogP contribution in [0.4, 0.5) is 0 Å². The highest BCUT2D eigenvalue weighted by Gasteiger charge is 2.13. The van der Waals surface area contributed by atoms with Gasteiger partial charge in [-0.2, -0.15) is 10.2 Å². The monoisotopic (exact) mass is 430 g/mol. The van der Waals surface area contributed by atoms with E-state index in [1.54, 1.807) is 16.7 Å². The molecule has 0 fully saturated rings. The molecule has 0 aliphatic heterocycles. The van der Waals surface area contributed by atoms with Gasteiger partial charge in [-0.1, -0.05) is 21.1 Å². The number of hydrogen-bond donors (Lipinski definition) is 0. The molecule has 0 amide bonds. The Morgan fingerprint density at radius 1 is 1.44 bits per heavy atom. The zero-order valence-electron chi connectivity index (χ0n) is 14.4. The molecular formula is C18H15BrN4O4. The number of carbonyl (C=O) groups excluding carboxylic acids is 1. The molecule has 0 saturated heterocycles. The summed E-state index contributed by atoms with van der Waals surface area (Å²) in [7, 11) is 1.34. The molecule has 0 spiro atoms. The number of fused-ring (bicyclic) bond motifs is 1. The van der Waals surface area contributed by atoms with Gasteiger partial charge >= 0.3 is 5.97 Å². The van der Waals surface area contributed by atoms with E-state index in [4.69, 9.17) is 4.52 Å². The predicted octanol–water partition coefficient (Wildman–Crippen LogP) is 2.56. The van der Waals surface area contributed by atoms with Crippen molar-refractivity contribution in [3.8, 4) is 6.07 Å². The molecule has 2 aromatic heterocycles. The molecule has 27 heavy (non-hydrogen) atoms. The van der Waals surface area contributed by atoms with E-state index in [9.17, 15) is 14.9 Å². The first kappa shape index (κ1) is 18.8. The fraction of sp³-hybridized carbons (Fsp3) is 0.278. The minimum absolute atomic E-state index is 0.0439. The third-order valence-corrected chi connectivity index (χ3v) is 4.48. The molecule has 1 aromatic carbocycles. The molecule has 0 bridgehead atoms. The maximum absolute atomic E-state index is 12.4. The number of aryl methyl sites for hydroxylation is 1. The van der Waals surface area contributed by atoms with Crippen LogP contribution in [0.3, 0.4) is 0 Å². The first-order chi connectivity index (χ1) is 13.0. The topological polar surface area (TPSA) is 111 Å². The first-order valence-electron chi connectivity index (χ1n) is 8.13. The number of benzene rings is 1. The standard InChI is InChI=1S/C18H15BrN4O4/c1-26-17(24)4-2-3-16-21-15(22-27-16)10-23-9-11(8-20)18(25)13-7-12(19)5-6-14(13)23/h5-7,9H,2-4,10H2,1H3. The van der Waals surface area contributed by atoms with Gasteiger partial charge in [0, 0.05) is 28.9 Å². The smallest absolute Gasteiger partial charge is 0.305 e. The van der Waals surface area contributed by atoms with Crippen molar-refractivity contribution in [1.82, 2.24) is 14.7 Å². The molecule has 2 heterocycles. The Bertz CT molecular complexity index is 1100. The second kappa shape index (κ2) is 8.14. The van der Waals surface area contributed by atoms with Crippen molar-refractivity contribution in [3.05, 3.63) is 56.4 Å². The normalized spacial score (nSPS) is 10.7. The Morgan fingerprint density at radius 3 is 3.00 bits per heavy atom. The zero-order chi connectivity index (χ0) is 19.4. The third-order valence-electron chi connectivity index (χ3n) is 3.98. The van der Waals surface area contributed by atoms with Gasteiger partial charge in [0.25, 0.3) is 0 Å². The van der Waals surface area contributed by atoms with Crippen LogP contribution in [0, 0.1) is 11.3 Å². The number of rotatable bonds is 6. The van der Waals surface area contributed by atoms with E-state index in [1.807, 2.05) is 12.1 Å². The molecule has 3 rings (SSSR count). The number of hydrogen-bond acceptors (Lipinski definition) is 7. The van der Waals surface area contributed by atoms with Crippen molar-refractivity contribution >= 4 is 32.8 Å². The van der Waals surface area contributed by atoms with E-state index in [-0.39, 0.29) is 29.9 Å². The summed E-state index contributed by atoms with van der Waals surface area (Å²) in [5.41, 5.74) is 0.392. The highest BCUT2D eigenvalue weighted by atomic mass is 79.9. The van der Waals surface area contributed by atoms with Gasteiger partial charge in [-0.15, -0.1) is 0 Å². The van der Waals surface area contributed by atoms with Gasteiger partial charge in [-0.05, 0) is 24.6 Å². The Hall–Kier alpha value is -2.99.